The number of hydrogen-bond acceptors (Lipinski definition) is 2. The fraction of sp³-hybridized carbons (Fsp3) is 0.857. The fourth-order valence-corrected chi connectivity index (χ4v) is 1.27. The van der Waals surface area contributed by atoms with E-state index >= 15 is 0 Å². The molecule has 2 heteroatoms. The van der Waals surface area contributed by atoms with Crippen molar-refractivity contribution in [1.82, 2.24) is 5.32 Å². The molecule has 0 amide bonds. The molecule has 0 radical (unpaired) electrons. The van der Waals surface area contributed by atoms with Gasteiger partial charge in [0.1, 0.15) is 6.29 Å². The molecule has 1 atom stereocenters. The molecule has 1 rings (SSSR count). The van der Waals surface area contributed by atoms with Crippen LogP contribution < -0.4 is 5.32 Å². The molecular formula is C7H13NO. The third kappa shape index (κ3) is 2.14. The van der Waals surface area contributed by atoms with Crippen molar-refractivity contribution < 1.29 is 4.79 Å². The molecule has 1 saturated heterocycles. The van der Waals surface area contributed by atoms with Gasteiger partial charge >= 0.3 is 0 Å². The number of carbonyl (C=O) groups excluding carboxylic acids is 1. The van der Waals surface area contributed by atoms with Crippen molar-refractivity contribution in [3.05, 3.63) is 0 Å². The lowest BCUT2D eigenvalue weighted by Gasteiger charge is -2.04. The second-order valence-corrected chi connectivity index (χ2v) is 2.54. The molecule has 0 bridgehead atoms. The van der Waals surface area contributed by atoms with Crippen molar-refractivity contribution in [2.75, 3.05) is 6.54 Å². The van der Waals surface area contributed by atoms with Crippen LogP contribution in [0.1, 0.15) is 25.7 Å². The molecule has 1 heterocycles. The zero-order chi connectivity index (χ0) is 6.53. The van der Waals surface area contributed by atoms with Gasteiger partial charge in [0.05, 0.1) is 0 Å². The highest BCUT2D eigenvalue weighted by atomic mass is 16.1. The third-order valence-corrected chi connectivity index (χ3v) is 1.80. The average molecular weight is 127 g/mol. The highest BCUT2D eigenvalue weighted by Gasteiger charge is 2.12. The smallest absolute Gasteiger partial charge is 0.120 e. The molecule has 1 N–H and O–H groups in total. The van der Waals surface area contributed by atoms with Crippen LogP contribution in [0.2, 0.25) is 0 Å². The molecule has 1 fully saturated rings. The van der Waals surface area contributed by atoms with Gasteiger partial charge in [-0.15, -0.1) is 0 Å². The van der Waals surface area contributed by atoms with Crippen LogP contribution in [0.15, 0.2) is 0 Å². The van der Waals surface area contributed by atoms with Crippen molar-refractivity contribution in [2.45, 2.75) is 31.7 Å². The molecular weight excluding hydrogens is 114 g/mol. The van der Waals surface area contributed by atoms with Gasteiger partial charge in [-0.25, -0.2) is 0 Å². The minimum atomic E-state index is 0.634. The van der Waals surface area contributed by atoms with E-state index in [4.69, 9.17) is 0 Å². The van der Waals surface area contributed by atoms with Gasteiger partial charge in [-0.2, -0.15) is 0 Å². The van der Waals surface area contributed by atoms with Crippen molar-refractivity contribution in [3.8, 4) is 0 Å². The van der Waals surface area contributed by atoms with Crippen LogP contribution in [0, 0.1) is 0 Å². The first-order valence-electron chi connectivity index (χ1n) is 3.60. The third-order valence-electron chi connectivity index (χ3n) is 1.80. The van der Waals surface area contributed by atoms with E-state index in [9.17, 15) is 4.79 Å². The van der Waals surface area contributed by atoms with Crippen LogP contribution in [-0.4, -0.2) is 18.9 Å². The summed E-state index contributed by atoms with van der Waals surface area (Å²) in [5.41, 5.74) is 0. The first-order chi connectivity index (χ1) is 4.43. The van der Waals surface area contributed by atoms with Crippen molar-refractivity contribution in [2.24, 2.45) is 0 Å². The Kier molecular flexibility index (Phi) is 2.71. The molecule has 0 aliphatic carbocycles. The van der Waals surface area contributed by atoms with Crippen LogP contribution in [0.25, 0.3) is 0 Å². The van der Waals surface area contributed by atoms with Gasteiger partial charge in [-0.1, -0.05) is 0 Å². The topological polar surface area (TPSA) is 29.1 Å². The van der Waals surface area contributed by atoms with E-state index in [0.29, 0.717) is 6.04 Å². The summed E-state index contributed by atoms with van der Waals surface area (Å²) in [5, 5.41) is 3.33. The predicted molar refractivity (Wildman–Crippen MR) is 36.3 cm³/mol. The van der Waals surface area contributed by atoms with Crippen LogP contribution >= 0.6 is 0 Å². The molecule has 52 valence electrons. The Morgan fingerprint density at radius 2 is 2.56 bits per heavy atom. The van der Waals surface area contributed by atoms with E-state index < -0.39 is 0 Å². The summed E-state index contributed by atoms with van der Waals surface area (Å²) in [5.74, 6) is 0. The Balaban J connectivity index is 2.04. The SMILES string of the molecule is O=CCCC1CCCN1. The van der Waals surface area contributed by atoms with Crippen LogP contribution in [0.4, 0.5) is 0 Å². The summed E-state index contributed by atoms with van der Waals surface area (Å²) in [6.45, 7) is 1.14. The zero-order valence-electron chi connectivity index (χ0n) is 5.60. The Labute approximate surface area is 55.6 Å². The lowest BCUT2D eigenvalue weighted by atomic mass is 10.1. The van der Waals surface area contributed by atoms with Crippen molar-refractivity contribution >= 4 is 6.29 Å². The largest absolute Gasteiger partial charge is 0.314 e. The first kappa shape index (κ1) is 6.75. The summed E-state index contributed by atoms with van der Waals surface area (Å²) in [6.07, 6.45) is 5.29. The first-order valence-corrected chi connectivity index (χ1v) is 3.60. The maximum atomic E-state index is 9.93. The monoisotopic (exact) mass is 127 g/mol. The minimum absolute atomic E-state index is 0.634. The number of rotatable bonds is 3. The average Bonchev–Trinajstić information content (AvgIpc) is 2.34. The van der Waals surface area contributed by atoms with E-state index in [1.54, 1.807) is 0 Å². The van der Waals surface area contributed by atoms with Crippen LogP contribution in [0.3, 0.4) is 0 Å². The van der Waals surface area contributed by atoms with Crippen LogP contribution in [-0.2, 0) is 4.79 Å². The maximum absolute atomic E-state index is 9.93. The summed E-state index contributed by atoms with van der Waals surface area (Å²) in [6, 6.07) is 0.634. The lowest BCUT2D eigenvalue weighted by molar-refractivity contribution is -0.108. The van der Waals surface area contributed by atoms with Gasteiger partial charge in [-0.05, 0) is 25.8 Å². The van der Waals surface area contributed by atoms with Crippen LogP contribution in [0.5, 0.6) is 0 Å². The number of hydrogen-bond donors (Lipinski definition) is 1. The second kappa shape index (κ2) is 3.62. The molecule has 2 nitrogen and oxygen atoms in total. The summed E-state index contributed by atoms with van der Waals surface area (Å²) in [4.78, 5) is 9.93. The van der Waals surface area contributed by atoms with E-state index in [1.807, 2.05) is 0 Å². The molecule has 0 aromatic carbocycles. The summed E-state index contributed by atoms with van der Waals surface area (Å²) >= 11 is 0. The number of nitrogens with one attached hydrogen (secondary N) is 1. The highest BCUT2D eigenvalue weighted by molar-refractivity contribution is 5.49. The van der Waals surface area contributed by atoms with E-state index in [0.717, 1.165) is 25.7 Å². The van der Waals surface area contributed by atoms with Gasteiger partial charge < -0.3 is 10.1 Å². The van der Waals surface area contributed by atoms with Gasteiger partial charge in [0.25, 0.3) is 0 Å². The highest BCUT2D eigenvalue weighted by Crippen LogP contribution is 2.08. The standard InChI is InChI=1S/C7H13NO/c9-6-2-4-7-3-1-5-8-7/h6-8H,1-5H2. The Bertz CT molecular complexity index is 86.9. The van der Waals surface area contributed by atoms with Gasteiger partial charge in [0.2, 0.25) is 0 Å². The van der Waals surface area contributed by atoms with Crippen molar-refractivity contribution in [1.29, 1.82) is 0 Å². The second-order valence-electron chi connectivity index (χ2n) is 2.54. The number of carbonyl (C=O) groups is 1. The van der Waals surface area contributed by atoms with E-state index in [2.05, 4.69) is 5.32 Å². The van der Waals surface area contributed by atoms with E-state index in [1.165, 1.54) is 12.8 Å². The molecule has 0 aromatic heterocycles. The molecule has 0 aromatic rings. The Morgan fingerprint density at radius 3 is 3.11 bits per heavy atom. The van der Waals surface area contributed by atoms with Gasteiger partial charge in [0.15, 0.2) is 0 Å². The zero-order valence-corrected chi connectivity index (χ0v) is 5.60. The number of aldehydes is 1. The summed E-state index contributed by atoms with van der Waals surface area (Å²) in [7, 11) is 0. The molecule has 0 spiro atoms. The normalized spacial score (nSPS) is 26.4. The minimum Gasteiger partial charge on any atom is -0.314 e. The fourth-order valence-electron chi connectivity index (χ4n) is 1.27. The maximum Gasteiger partial charge on any atom is 0.120 e. The Morgan fingerprint density at radius 1 is 1.67 bits per heavy atom. The molecule has 1 aliphatic heterocycles. The molecule has 1 aliphatic rings. The van der Waals surface area contributed by atoms with Gasteiger partial charge in [-0.3, -0.25) is 0 Å². The van der Waals surface area contributed by atoms with Crippen molar-refractivity contribution in [3.63, 3.8) is 0 Å². The molecule has 1 unspecified atom stereocenters. The van der Waals surface area contributed by atoms with E-state index in [-0.39, 0.29) is 0 Å². The predicted octanol–water partition coefficient (Wildman–Crippen LogP) is 0.718. The Hall–Kier alpha value is -0.370. The van der Waals surface area contributed by atoms with Gasteiger partial charge in [0, 0.05) is 12.5 Å². The lowest BCUT2D eigenvalue weighted by Crippen LogP contribution is -2.20. The summed E-state index contributed by atoms with van der Waals surface area (Å²) < 4.78 is 0. The molecule has 9 heavy (non-hydrogen) atoms. The quantitative estimate of drug-likeness (QED) is 0.566. The molecule has 0 saturated carbocycles.